The summed E-state index contributed by atoms with van der Waals surface area (Å²) < 4.78 is 7.32. The van der Waals surface area contributed by atoms with Crippen LogP contribution in [-0.2, 0) is 5.41 Å². The number of anilines is 4. The highest BCUT2D eigenvalue weighted by atomic mass is 16.5. The summed E-state index contributed by atoms with van der Waals surface area (Å²) in [5, 5.41) is 2.33. The number of hydrogen-bond acceptors (Lipinski definition) is 3. The van der Waals surface area contributed by atoms with E-state index < -0.39 is 0 Å². The van der Waals surface area contributed by atoms with Crippen molar-refractivity contribution in [1.29, 1.82) is 0 Å². The first-order valence-corrected chi connectivity index (χ1v) is 22.7. The normalized spacial score (nSPS) is 15.7. The molecule has 12 rings (SSSR count). The van der Waals surface area contributed by atoms with Crippen molar-refractivity contribution in [2.24, 2.45) is 0 Å². The molecule has 0 saturated carbocycles. The van der Waals surface area contributed by atoms with E-state index in [4.69, 9.17) is 4.74 Å². The van der Waals surface area contributed by atoms with Gasteiger partial charge in [0.2, 0.25) is 0 Å². The topological polar surface area (TPSA) is 15.7 Å². The van der Waals surface area contributed by atoms with Gasteiger partial charge in [0, 0.05) is 51.3 Å². The molecule has 0 spiro atoms. The van der Waals surface area contributed by atoms with E-state index in [0.29, 0.717) is 0 Å². The van der Waals surface area contributed by atoms with Crippen LogP contribution in [0.3, 0.4) is 0 Å². The van der Waals surface area contributed by atoms with Crippen LogP contribution in [0.2, 0.25) is 0 Å². The fourth-order valence-corrected chi connectivity index (χ4v) is 10.8. The van der Waals surface area contributed by atoms with E-state index in [9.17, 15) is 0 Å². The van der Waals surface area contributed by atoms with Gasteiger partial charge in [-0.15, -0.1) is 0 Å². The van der Waals surface area contributed by atoms with Gasteiger partial charge in [-0.25, -0.2) is 0 Å². The zero-order valence-corrected chi connectivity index (χ0v) is 36.3. The van der Waals surface area contributed by atoms with Crippen LogP contribution in [0.25, 0.3) is 44.2 Å². The Morgan fingerprint density at radius 3 is 1.64 bits per heavy atom. The number of para-hydroxylation sites is 2. The molecule has 0 saturated heterocycles. The average molecular weight is 825 g/mol. The number of allylic oxidation sites excluding steroid dienone is 8. The van der Waals surface area contributed by atoms with Crippen molar-refractivity contribution < 1.29 is 4.74 Å². The van der Waals surface area contributed by atoms with E-state index in [1.807, 2.05) is 0 Å². The first kappa shape index (κ1) is 38.1. The van der Waals surface area contributed by atoms with Crippen LogP contribution in [0.15, 0.2) is 229 Å². The van der Waals surface area contributed by atoms with Crippen molar-refractivity contribution in [3.63, 3.8) is 0 Å². The fraction of sp³-hybridized carbons (Fsp3) is 0.115. The van der Waals surface area contributed by atoms with Crippen molar-refractivity contribution in [3.8, 4) is 28.0 Å². The van der Waals surface area contributed by atoms with Gasteiger partial charge in [0.15, 0.2) is 5.75 Å². The molecule has 0 N–H and O–H groups in total. The van der Waals surface area contributed by atoms with Gasteiger partial charge in [0.1, 0.15) is 5.76 Å². The van der Waals surface area contributed by atoms with Gasteiger partial charge in [-0.1, -0.05) is 171 Å². The van der Waals surface area contributed by atoms with Crippen molar-refractivity contribution in [3.05, 3.63) is 246 Å². The summed E-state index contributed by atoms with van der Waals surface area (Å²) in [5.41, 5.74) is 19.9. The SMILES string of the molecule is CC1(C)C2=C(C=C(N(c3ccc(-c4ccc(-c5ccccc5)cc4)cc3)c3ccc4cccc5c4c3OC3=C5C=C(N(c4ccccc4)c4ccccc4)CC3)CC2)c2ccccc21. The molecule has 1 aliphatic heterocycles. The zero-order chi connectivity index (χ0) is 42.8. The van der Waals surface area contributed by atoms with Crippen LogP contribution in [0.4, 0.5) is 22.7 Å². The van der Waals surface area contributed by atoms with Gasteiger partial charge in [-0.05, 0) is 124 Å². The molecule has 3 nitrogen and oxygen atoms in total. The highest BCUT2D eigenvalue weighted by molar-refractivity contribution is 6.06. The van der Waals surface area contributed by atoms with Crippen LogP contribution in [0.5, 0.6) is 5.75 Å². The Balaban J connectivity index is 0.986. The third-order valence-electron chi connectivity index (χ3n) is 13.9. The Bertz CT molecular complexity index is 3190. The predicted octanol–water partition coefficient (Wildman–Crippen LogP) is 16.4. The molecule has 0 unspecified atom stereocenters. The largest absolute Gasteiger partial charge is 0.458 e. The lowest BCUT2D eigenvalue weighted by Gasteiger charge is -2.36. The Kier molecular flexibility index (Phi) is 9.12. The monoisotopic (exact) mass is 824 g/mol. The van der Waals surface area contributed by atoms with Crippen molar-refractivity contribution in [2.45, 2.75) is 44.9 Å². The smallest absolute Gasteiger partial charge is 0.159 e. The number of ether oxygens (including phenoxy) is 1. The summed E-state index contributed by atoms with van der Waals surface area (Å²) in [6.07, 6.45) is 8.43. The Hall–Kier alpha value is -7.62. The third kappa shape index (κ3) is 6.34. The maximum Gasteiger partial charge on any atom is 0.159 e. The highest BCUT2D eigenvalue weighted by Gasteiger charge is 2.39. The molecule has 3 heteroatoms. The molecule has 3 aliphatic carbocycles. The van der Waals surface area contributed by atoms with Gasteiger partial charge >= 0.3 is 0 Å². The molecule has 308 valence electrons. The second-order valence-electron chi connectivity index (χ2n) is 17.9. The second kappa shape index (κ2) is 15.3. The van der Waals surface area contributed by atoms with E-state index in [-0.39, 0.29) is 5.41 Å². The Morgan fingerprint density at radius 1 is 0.422 bits per heavy atom. The first-order valence-electron chi connectivity index (χ1n) is 22.7. The summed E-state index contributed by atoms with van der Waals surface area (Å²) >= 11 is 0. The minimum atomic E-state index is -0.00369. The van der Waals surface area contributed by atoms with E-state index in [1.54, 1.807) is 0 Å². The van der Waals surface area contributed by atoms with Crippen LogP contribution in [-0.4, -0.2) is 0 Å². The quantitative estimate of drug-likeness (QED) is 0.152. The van der Waals surface area contributed by atoms with Crippen molar-refractivity contribution >= 4 is 44.7 Å². The Morgan fingerprint density at radius 2 is 0.953 bits per heavy atom. The molecule has 8 aromatic rings. The maximum atomic E-state index is 7.32. The van der Waals surface area contributed by atoms with Crippen molar-refractivity contribution in [2.75, 3.05) is 9.80 Å². The predicted molar refractivity (Wildman–Crippen MR) is 267 cm³/mol. The summed E-state index contributed by atoms with van der Waals surface area (Å²) in [6.45, 7) is 4.79. The lowest BCUT2D eigenvalue weighted by atomic mass is 9.78. The number of rotatable bonds is 8. The molecule has 0 fully saturated rings. The van der Waals surface area contributed by atoms with Gasteiger partial charge in [0.05, 0.1) is 5.69 Å². The molecule has 8 aromatic carbocycles. The molecule has 4 aliphatic rings. The van der Waals surface area contributed by atoms with E-state index >= 15 is 0 Å². The number of nitrogens with zero attached hydrogens (tertiary/aromatic N) is 2. The van der Waals surface area contributed by atoms with Crippen LogP contribution in [0, 0.1) is 0 Å². The minimum Gasteiger partial charge on any atom is -0.458 e. The fourth-order valence-electron chi connectivity index (χ4n) is 10.8. The van der Waals surface area contributed by atoms with Gasteiger partial charge < -0.3 is 14.5 Å². The van der Waals surface area contributed by atoms with Gasteiger partial charge in [0.25, 0.3) is 0 Å². The van der Waals surface area contributed by atoms with E-state index in [0.717, 1.165) is 65.3 Å². The third-order valence-corrected chi connectivity index (χ3v) is 13.9. The summed E-state index contributed by atoms with van der Waals surface area (Å²) in [4.78, 5) is 4.90. The average Bonchev–Trinajstić information content (AvgIpc) is 3.59. The molecule has 0 aromatic heterocycles. The molecule has 64 heavy (non-hydrogen) atoms. The molecule has 0 radical (unpaired) electrons. The highest BCUT2D eigenvalue weighted by Crippen LogP contribution is 2.55. The Labute approximate surface area is 376 Å². The summed E-state index contributed by atoms with van der Waals surface area (Å²) in [7, 11) is 0. The first-order chi connectivity index (χ1) is 31.5. The molecule has 1 heterocycles. The van der Waals surface area contributed by atoms with E-state index in [2.05, 4.69) is 230 Å². The lowest BCUT2D eigenvalue weighted by Crippen LogP contribution is -2.23. The summed E-state index contributed by atoms with van der Waals surface area (Å²) in [6, 6.07) is 70.4. The lowest BCUT2D eigenvalue weighted by molar-refractivity contribution is 0.406. The van der Waals surface area contributed by atoms with Crippen LogP contribution < -0.4 is 14.5 Å². The molecular formula is C61H48N2O. The van der Waals surface area contributed by atoms with Crippen LogP contribution >= 0.6 is 0 Å². The van der Waals surface area contributed by atoms with Crippen LogP contribution in [0.1, 0.15) is 56.2 Å². The molecule has 0 amide bonds. The second-order valence-corrected chi connectivity index (χ2v) is 17.9. The van der Waals surface area contributed by atoms with E-state index in [1.165, 1.54) is 72.4 Å². The van der Waals surface area contributed by atoms with Crippen molar-refractivity contribution in [1.82, 2.24) is 0 Å². The minimum absolute atomic E-state index is 0.00369. The van der Waals surface area contributed by atoms with Gasteiger partial charge in [-0.3, -0.25) is 0 Å². The maximum absolute atomic E-state index is 7.32. The number of hydrogen-bond donors (Lipinski definition) is 0. The van der Waals surface area contributed by atoms with Gasteiger partial charge in [-0.2, -0.15) is 0 Å². The molecule has 0 bridgehead atoms. The standard InChI is InChI=1S/C61H48N2O/c1-61(2)55-24-13-12-22-51(55)53-39-50(34-36-56(53)61)63(48-32-29-44(30-33-48)43-27-25-42(26-28-43)41-15-6-3-7-16-41)57-37-31-45-17-14-23-52-54-40-49(35-38-58(54)64-60(57)59(45)52)62(46-18-8-4-9-19-46)47-20-10-5-11-21-47/h3-33,37,39-40H,34-36,38H2,1-2H3. The summed E-state index contributed by atoms with van der Waals surface area (Å²) in [5.74, 6) is 1.96. The number of benzene rings is 8. The number of fused-ring (bicyclic) bond motifs is 3. The zero-order valence-electron chi connectivity index (χ0n) is 36.3. The molecule has 0 atom stereocenters. The molecular weight excluding hydrogens is 777 g/mol.